The zero-order valence-electron chi connectivity index (χ0n) is 21.9. The molecule has 0 aromatic heterocycles. The van der Waals surface area contributed by atoms with Gasteiger partial charge in [-0.25, -0.2) is 0 Å². The van der Waals surface area contributed by atoms with Crippen molar-refractivity contribution < 1.29 is 23.7 Å². The molecule has 0 aliphatic heterocycles. The van der Waals surface area contributed by atoms with Gasteiger partial charge in [0, 0.05) is 20.6 Å². The Labute approximate surface area is 201 Å². The molecular formula is C28H48O5. The van der Waals surface area contributed by atoms with E-state index in [0.29, 0.717) is 23.2 Å². The topological polar surface area (TPSA) is 54.0 Å². The highest BCUT2D eigenvalue weighted by atomic mass is 16.8. The first kappa shape index (κ1) is 25.4. The highest BCUT2D eigenvalue weighted by Gasteiger charge is 2.60. The molecule has 0 bridgehead atoms. The molecule has 1 unspecified atom stereocenters. The maximum Gasteiger partial charge on any atom is 0.305 e. The number of fused-ring (bicyclic) bond motifs is 5. The second kappa shape index (κ2) is 10.1. The molecule has 0 N–H and O–H groups in total. The number of carbonyl (C=O) groups excluding carboxylic acids is 1. The Bertz CT molecular complexity index is 677. The molecule has 0 radical (unpaired) electrons. The van der Waals surface area contributed by atoms with Crippen molar-refractivity contribution in [3.8, 4) is 0 Å². The summed E-state index contributed by atoms with van der Waals surface area (Å²) in [6, 6.07) is 0. The summed E-state index contributed by atoms with van der Waals surface area (Å²) in [5.74, 6) is 4.61. The Morgan fingerprint density at radius 1 is 0.909 bits per heavy atom. The predicted octanol–water partition coefficient (Wildman–Crippen LogP) is 6.20. The zero-order valence-corrected chi connectivity index (χ0v) is 21.9. The molecule has 4 fully saturated rings. The first-order valence-electron chi connectivity index (χ1n) is 13.5. The second-order valence-corrected chi connectivity index (χ2v) is 12.3. The highest BCUT2D eigenvalue weighted by molar-refractivity contribution is 5.69. The van der Waals surface area contributed by atoms with E-state index < -0.39 is 6.48 Å². The minimum Gasteiger partial charge on any atom is -0.469 e. The summed E-state index contributed by atoms with van der Waals surface area (Å²) < 4.78 is 21.8. The SMILES string of the molecule is COC(=O)CC[C@@H](C)[C@H]1CC[C@H]2[C@@H]3CC[C@@H]4CCC(OC(OC)OC)C[C@]4(C)[C@H]3CC[C@]12C. The van der Waals surface area contributed by atoms with Crippen LogP contribution in [0.5, 0.6) is 0 Å². The smallest absolute Gasteiger partial charge is 0.305 e. The van der Waals surface area contributed by atoms with Crippen LogP contribution in [-0.2, 0) is 23.7 Å². The van der Waals surface area contributed by atoms with Crippen LogP contribution in [0, 0.1) is 46.3 Å². The second-order valence-electron chi connectivity index (χ2n) is 12.3. The van der Waals surface area contributed by atoms with E-state index in [0.717, 1.165) is 48.9 Å². The number of esters is 1. The molecule has 4 aliphatic rings. The van der Waals surface area contributed by atoms with E-state index in [-0.39, 0.29) is 12.1 Å². The van der Waals surface area contributed by atoms with Crippen molar-refractivity contribution in [1.29, 1.82) is 0 Å². The van der Waals surface area contributed by atoms with Gasteiger partial charge < -0.3 is 18.9 Å². The zero-order chi connectivity index (χ0) is 23.8. The minimum absolute atomic E-state index is 0.0604. The van der Waals surface area contributed by atoms with E-state index in [9.17, 15) is 4.79 Å². The van der Waals surface area contributed by atoms with Crippen LogP contribution < -0.4 is 0 Å². The van der Waals surface area contributed by atoms with Gasteiger partial charge in [-0.15, -0.1) is 0 Å². The molecule has 190 valence electrons. The average molecular weight is 465 g/mol. The Hall–Kier alpha value is -0.650. The highest BCUT2D eigenvalue weighted by Crippen LogP contribution is 2.68. The van der Waals surface area contributed by atoms with E-state index in [1.807, 2.05) is 0 Å². The third kappa shape index (κ3) is 4.63. The quantitative estimate of drug-likeness (QED) is 0.316. The van der Waals surface area contributed by atoms with Crippen molar-refractivity contribution >= 4 is 5.97 Å². The van der Waals surface area contributed by atoms with Crippen LogP contribution >= 0.6 is 0 Å². The fourth-order valence-corrected chi connectivity index (χ4v) is 9.41. The first-order valence-corrected chi connectivity index (χ1v) is 13.5. The van der Waals surface area contributed by atoms with Gasteiger partial charge >= 0.3 is 5.97 Å². The van der Waals surface area contributed by atoms with Gasteiger partial charge in [-0.2, -0.15) is 0 Å². The number of carbonyl (C=O) groups is 1. The van der Waals surface area contributed by atoms with Gasteiger partial charge in [-0.05, 0) is 111 Å². The van der Waals surface area contributed by atoms with E-state index >= 15 is 0 Å². The molecule has 5 heteroatoms. The van der Waals surface area contributed by atoms with E-state index in [4.69, 9.17) is 18.9 Å². The lowest BCUT2D eigenvalue weighted by molar-refractivity contribution is -0.295. The summed E-state index contributed by atoms with van der Waals surface area (Å²) in [6.07, 6.45) is 13.5. The lowest BCUT2D eigenvalue weighted by Gasteiger charge is -2.61. The Kier molecular flexibility index (Phi) is 7.82. The molecule has 4 aliphatic carbocycles. The first-order chi connectivity index (χ1) is 15.8. The van der Waals surface area contributed by atoms with Crippen molar-refractivity contribution in [2.24, 2.45) is 46.3 Å². The Balaban J connectivity index is 1.46. The van der Waals surface area contributed by atoms with Gasteiger partial charge in [0.15, 0.2) is 0 Å². The van der Waals surface area contributed by atoms with Gasteiger partial charge in [-0.1, -0.05) is 20.8 Å². The Morgan fingerprint density at radius 2 is 1.61 bits per heavy atom. The molecule has 9 atom stereocenters. The van der Waals surface area contributed by atoms with Gasteiger partial charge in [-0.3, -0.25) is 4.79 Å². The molecule has 33 heavy (non-hydrogen) atoms. The maximum absolute atomic E-state index is 11.7. The lowest BCUT2D eigenvalue weighted by atomic mass is 9.44. The van der Waals surface area contributed by atoms with Crippen LogP contribution in [0.1, 0.15) is 91.4 Å². The summed E-state index contributed by atoms with van der Waals surface area (Å²) in [4.78, 5) is 11.7. The summed E-state index contributed by atoms with van der Waals surface area (Å²) >= 11 is 0. The number of methoxy groups -OCH3 is 3. The molecule has 0 aromatic rings. The third-order valence-corrected chi connectivity index (χ3v) is 11.1. The van der Waals surface area contributed by atoms with Crippen molar-refractivity contribution in [1.82, 2.24) is 0 Å². The van der Waals surface area contributed by atoms with Crippen LogP contribution in [0.3, 0.4) is 0 Å². The van der Waals surface area contributed by atoms with E-state index in [2.05, 4.69) is 20.8 Å². The fourth-order valence-electron chi connectivity index (χ4n) is 9.41. The minimum atomic E-state index is -0.550. The van der Waals surface area contributed by atoms with Gasteiger partial charge in [0.05, 0.1) is 13.2 Å². The monoisotopic (exact) mass is 464 g/mol. The summed E-state index contributed by atoms with van der Waals surface area (Å²) in [5, 5.41) is 0. The Morgan fingerprint density at radius 3 is 2.30 bits per heavy atom. The van der Waals surface area contributed by atoms with Crippen LogP contribution in [0.25, 0.3) is 0 Å². The number of ether oxygens (including phenoxy) is 4. The molecule has 0 saturated heterocycles. The van der Waals surface area contributed by atoms with Crippen molar-refractivity contribution in [3.05, 3.63) is 0 Å². The average Bonchev–Trinajstić information content (AvgIpc) is 3.17. The number of hydrogen-bond donors (Lipinski definition) is 0. The number of hydrogen-bond acceptors (Lipinski definition) is 5. The summed E-state index contributed by atoms with van der Waals surface area (Å²) in [6.45, 7) is 7.03. The van der Waals surface area contributed by atoms with Crippen LogP contribution in [-0.4, -0.2) is 39.9 Å². The molecule has 4 rings (SSSR count). The normalized spacial score (nSPS) is 43.5. The largest absolute Gasteiger partial charge is 0.469 e. The predicted molar refractivity (Wildman–Crippen MR) is 128 cm³/mol. The van der Waals surface area contributed by atoms with E-state index in [1.165, 1.54) is 52.1 Å². The van der Waals surface area contributed by atoms with E-state index in [1.54, 1.807) is 14.2 Å². The molecular weight excluding hydrogens is 416 g/mol. The molecule has 4 saturated carbocycles. The third-order valence-electron chi connectivity index (χ3n) is 11.1. The van der Waals surface area contributed by atoms with Gasteiger partial charge in [0.2, 0.25) is 0 Å². The van der Waals surface area contributed by atoms with Gasteiger partial charge in [0.1, 0.15) is 0 Å². The molecule has 0 spiro atoms. The van der Waals surface area contributed by atoms with Crippen molar-refractivity contribution in [2.45, 2.75) is 104 Å². The molecule has 0 amide bonds. The standard InChI is InChI=1S/C28H48O5/c1-18(7-14-25(29)30-4)22-12-13-23-21-11-9-19-8-10-20(33-26(31-5)32-6)17-28(19,3)24(21)15-16-27(22,23)2/h18-24,26H,7-17H2,1-6H3/t18-,19+,20?,21+,22-,23+,24+,27-,28+/m1/s1. The molecule has 0 heterocycles. The van der Waals surface area contributed by atoms with Crippen LogP contribution in [0.15, 0.2) is 0 Å². The van der Waals surface area contributed by atoms with Crippen LogP contribution in [0.4, 0.5) is 0 Å². The molecule has 5 nitrogen and oxygen atoms in total. The van der Waals surface area contributed by atoms with Crippen molar-refractivity contribution in [3.63, 3.8) is 0 Å². The number of rotatable bonds is 8. The molecule has 0 aromatic carbocycles. The van der Waals surface area contributed by atoms with Gasteiger partial charge in [0.25, 0.3) is 6.48 Å². The lowest BCUT2D eigenvalue weighted by Crippen LogP contribution is -2.55. The fraction of sp³-hybridized carbons (Fsp3) is 0.964. The van der Waals surface area contributed by atoms with Crippen LogP contribution in [0.2, 0.25) is 0 Å². The summed E-state index contributed by atoms with van der Waals surface area (Å²) in [5.41, 5.74) is 0.801. The maximum atomic E-state index is 11.7. The summed E-state index contributed by atoms with van der Waals surface area (Å²) in [7, 11) is 4.81. The van der Waals surface area contributed by atoms with Crippen molar-refractivity contribution in [2.75, 3.05) is 21.3 Å².